The predicted octanol–water partition coefficient (Wildman–Crippen LogP) is 13.0. The van der Waals surface area contributed by atoms with Gasteiger partial charge in [-0.1, -0.05) is 54.5 Å². The van der Waals surface area contributed by atoms with E-state index in [2.05, 4.69) is 44.8 Å². The van der Waals surface area contributed by atoms with Crippen LogP contribution in [0.25, 0.3) is 66.1 Å². The first-order valence-electron chi connectivity index (χ1n) is 40.3. The van der Waals surface area contributed by atoms with Gasteiger partial charge < -0.3 is 53.1 Å². The molecular weight excluding hydrogens is 1680 g/mol. The van der Waals surface area contributed by atoms with Crippen molar-refractivity contribution >= 4 is 109 Å². The molecule has 0 bridgehead atoms. The largest absolute Gasteiger partial charge is 0.488 e. The summed E-state index contributed by atoms with van der Waals surface area (Å²) in [7, 11) is 0. The molecule has 3 unspecified atom stereocenters. The van der Waals surface area contributed by atoms with Crippen LogP contribution in [0.5, 0.6) is 17.2 Å². The zero-order chi connectivity index (χ0) is 87.9. The fourth-order valence-corrected chi connectivity index (χ4v) is 18.9. The molecule has 0 spiro atoms. The number of rotatable bonds is 15. The molecule has 6 aromatic carbocycles. The fourth-order valence-electron chi connectivity index (χ4n) is 18.0. The summed E-state index contributed by atoms with van der Waals surface area (Å²) in [6, 6.07) is 13.7. The second-order valence-electron chi connectivity index (χ2n) is 32.0. The van der Waals surface area contributed by atoms with Gasteiger partial charge >= 0.3 is 17.1 Å². The minimum atomic E-state index is -0.825. The molecule has 4 saturated heterocycles. The van der Waals surface area contributed by atoms with E-state index in [1.807, 2.05) is 60.8 Å². The van der Waals surface area contributed by atoms with Crippen molar-refractivity contribution in [1.29, 1.82) is 0 Å². The Balaban J connectivity index is 0.000000137. The number of likely N-dealkylation sites (tertiary alicyclic amines) is 1. The number of imidazole rings is 1. The molecule has 0 radical (unpaired) electrons. The lowest BCUT2D eigenvalue weighted by Crippen LogP contribution is -2.58. The lowest BCUT2D eigenvalue weighted by atomic mass is 9.99. The lowest BCUT2D eigenvalue weighted by molar-refractivity contribution is -0.129. The molecule has 7 aliphatic heterocycles. The van der Waals surface area contributed by atoms with Crippen molar-refractivity contribution in [2.75, 3.05) is 86.9 Å². The van der Waals surface area contributed by atoms with Crippen LogP contribution in [0.15, 0.2) is 162 Å². The number of ether oxygens (including phenoxy) is 3. The van der Waals surface area contributed by atoms with Gasteiger partial charge in [-0.05, 0) is 127 Å². The molecular formula is C88H84Cl3F6N17O10. The van der Waals surface area contributed by atoms with Crippen molar-refractivity contribution in [3.63, 3.8) is 0 Å². The van der Waals surface area contributed by atoms with Gasteiger partial charge in [0.2, 0.25) is 23.6 Å². The number of benzene rings is 6. The van der Waals surface area contributed by atoms with Crippen LogP contribution >= 0.6 is 34.8 Å². The minimum Gasteiger partial charge on any atom is -0.488 e. The Morgan fingerprint density at radius 1 is 0.468 bits per heavy atom. The number of hydrogen-bond donors (Lipinski definition) is 0. The summed E-state index contributed by atoms with van der Waals surface area (Å²) in [5, 5.41) is 6.35. The summed E-state index contributed by atoms with van der Waals surface area (Å²) in [6.07, 6.45) is 13.6. The fraction of sp³-hybridized carbons (Fsp3) is 0.341. The first-order valence-corrected chi connectivity index (χ1v) is 41.5. The standard InChI is InChI=1S/C30H30ClF2N5O4.2C29H27ClF2N6O3/c1-4-24(39)36-12-17(3)37(13-16(36)2)29-21-11-22(31)26(20-8-7-18(32)10-23(20)33)28-27(21)38(30(41)34-29)19(15-42-28)14-35-9-5-6-25(35)40;1-4-24(39)36-12-17(3)37(13-16(36)2)28-21-11-22(30)25(20-7-6-18(31)10-23(20)32)27-26(21)38(29(40)34-28)19(15-41-27)14-35-9-5-8-33-35;1-4-24(39)36-11-17(3)37(12-16(36)2)28-21-10-22(30)25(20-6-5-18(31)9-23(20)32)27-26(21)38(29(40)34-28)19(14-41-27)13-35-8-7-33-15-35/h4,7-8,10-11,16-17,19H,1,5-6,9,12-15H2,2-3H3;4-11,16-17,19H,1,12-15H2,2-3H3;4-10,15-17,19H,1,11-14H2,2-3H3/t3*16-,17+,19?/m111/s1. The first kappa shape index (κ1) is 85.1. The summed E-state index contributed by atoms with van der Waals surface area (Å²) < 4.78 is 114. The van der Waals surface area contributed by atoms with E-state index in [0.717, 1.165) is 42.8 Å². The van der Waals surface area contributed by atoms with Crippen LogP contribution in [0.3, 0.4) is 0 Å². The number of hydrogen-bond acceptors (Lipinski definition) is 18. The molecule has 644 valence electrons. The van der Waals surface area contributed by atoms with E-state index in [4.69, 9.17) is 49.0 Å². The Labute approximate surface area is 720 Å². The summed E-state index contributed by atoms with van der Waals surface area (Å²) in [5.74, 6) is -3.34. The van der Waals surface area contributed by atoms with Crippen LogP contribution in [-0.4, -0.2) is 200 Å². The highest BCUT2D eigenvalue weighted by molar-refractivity contribution is 6.36. The molecule has 5 aromatic heterocycles. The van der Waals surface area contributed by atoms with Crippen molar-refractivity contribution in [3.8, 4) is 50.6 Å². The number of carbonyl (C=O) groups is 4. The van der Waals surface area contributed by atoms with Gasteiger partial charge in [0, 0.05) is 194 Å². The highest BCUT2D eigenvalue weighted by Crippen LogP contribution is 2.52. The van der Waals surface area contributed by atoms with E-state index < -0.39 is 70.1 Å². The quantitative estimate of drug-likeness (QED) is 0.0682. The minimum absolute atomic E-state index is 0.00889. The molecule has 4 fully saturated rings. The third-order valence-electron chi connectivity index (χ3n) is 23.9. The second-order valence-corrected chi connectivity index (χ2v) is 33.2. The number of nitrogens with zero attached hydrogens (tertiary/aromatic N) is 17. The number of piperazine rings is 3. The average molecular weight is 1760 g/mol. The smallest absolute Gasteiger partial charge is 0.350 e. The van der Waals surface area contributed by atoms with Gasteiger partial charge in [0.1, 0.15) is 72.2 Å². The van der Waals surface area contributed by atoms with Gasteiger partial charge in [-0.2, -0.15) is 20.1 Å². The molecule has 0 saturated carbocycles. The SMILES string of the molecule is C=CC(=O)N1C[C@H](C)N(c2nc(=O)n3c4c(c(-c5ccc(F)cc5F)c(Cl)cc24)OCC3CN2CCCC2=O)C[C@H]1C.C=CC(=O)N1C[C@H](C)N(c2nc(=O)n3c4c(c(-c5ccc(F)cc5F)c(Cl)cc24)OCC3Cn2cccn2)C[C@H]1C.C=CC(=O)N1C[C@H](C)N(c2nc(=O)n3c4c(c(-c5ccc(F)cc5F)c(Cl)cc24)OCC3Cn2ccnc2)C[C@H]1C. The molecule has 0 aliphatic carbocycles. The van der Waals surface area contributed by atoms with E-state index >= 15 is 13.2 Å². The van der Waals surface area contributed by atoms with E-state index in [-0.39, 0.29) is 152 Å². The summed E-state index contributed by atoms with van der Waals surface area (Å²) >= 11 is 20.4. The van der Waals surface area contributed by atoms with Gasteiger partial charge in [0.15, 0.2) is 17.2 Å². The highest BCUT2D eigenvalue weighted by atomic mass is 35.5. The van der Waals surface area contributed by atoms with Crippen LogP contribution in [0.1, 0.15) is 72.5 Å². The van der Waals surface area contributed by atoms with E-state index in [1.165, 1.54) is 41.0 Å². The van der Waals surface area contributed by atoms with Gasteiger partial charge in [-0.25, -0.2) is 45.7 Å². The lowest BCUT2D eigenvalue weighted by Gasteiger charge is -2.45. The maximum absolute atomic E-state index is 15.1. The molecule has 7 aliphatic rings. The molecule has 18 rings (SSSR count). The molecule has 0 N–H and O–H groups in total. The number of halogens is 9. The zero-order valence-corrected chi connectivity index (χ0v) is 70.4. The van der Waals surface area contributed by atoms with E-state index in [9.17, 15) is 46.7 Å². The van der Waals surface area contributed by atoms with Crippen molar-refractivity contribution in [2.45, 2.75) is 122 Å². The third kappa shape index (κ3) is 15.6. The first-order chi connectivity index (χ1) is 59.4. The van der Waals surface area contributed by atoms with Crippen LogP contribution < -0.4 is 46.0 Å². The Kier molecular flexibility index (Phi) is 23.5. The Bertz CT molecular complexity index is 6120. The van der Waals surface area contributed by atoms with Crippen molar-refractivity contribution in [2.24, 2.45) is 0 Å². The maximum atomic E-state index is 15.1. The Hall–Kier alpha value is -12.5. The van der Waals surface area contributed by atoms with Crippen LogP contribution in [0.4, 0.5) is 43.8 Å². The number of anilines is 3. The van der Waals surface area contributed by atoms with Gasteiger partial charge in [-0.15, -0.1) is 0 Å². The molecule has 36 heteroatoms. The molecule has 27 nitrogen and oxygen atoms in total. The second kappa shape index (κ2) is 34.3. The van der Waals surface area contributed by atoms with Crippen molar-refractivity contribution in [1.82, 2.24) is 67.6 Å². The van der Waals surface area contributed by atoms with Gasteiger partial charge in [0.25, 0.3) is 0 Å². The van der Waals surface area contributed by atoms with E-state index in [0.29, 0.717) is 115 Å². The molecule has 124 heavy (non-hydrogen) atoms. The Morgan fingerprint density at radius 3 is 1.15 bits per heavy atom. The monoisotopic (exact) mass is 1760 g/mol. The van der Waals surface area contributed by atoms with Gasteiger partial charge in [0.05, 0.1) is 62.6 Å². The average Bonchev–Trinajstić information content (AvgIpc) is 0.864. The van der Waals surface area contributed by atoms with Crippen molar-refractivity contribution < 1.29 is 59.7 Å². The topological polar surface area (TPSA) is 259 Å². The predicted molar refractivity (Wildman–Crippen MR) is 457 cm³/mol. The molecule has 4 amide bonds. The Morgan fingerprint density at radius 2 is 0.831 bits per heavy atom. The maximum Gasteiger partial charge on any atom is 0.350 e. The highest BCUT2D eigenvalue weighted by Gasteiger charge is 2.43. The van der Waals surface area contributed by atoms with Crippen LogP contribution in [-0.2, 0) is 32.3 Å². The third-order valence-corrected chi connectivity index (χ3v) is 24.8. The molecule has 12 heterocycles. The summed E-state index contributed by atoms with van der Waals surface area (Å²) in [5.41, 5.74) is 0.440. The normalized spacial score (nSPS) is 20.9. The number of amides is 4. The molecule has 9 atom stereocenters. The summed E-state index contributed by atoms with van der Waals surface area (Å²) in [4.78, 5) is 122. The zero-order valence-electron chi connectivity index (χ0n) is 68.1. The van der Waals surface area contributed by atoms with Gasteiger partial charge in [-0.3, -0.25) is 37.6 Å². The van der Waals surface area contributed by atoms with Crippen LogP contribution in [0, 0.1) is 34.9 Å². The number of aromatic nitrogens is 10. The van der Waals surface area contributed by atoms with Crippen LogP contribution in [0.2, 0.25) is 15.1 Å². The summed E-state index contributed by atoms with van der Waals surface area (Å²) in [6.45, 7) is 26.5. The van der Waals surface area contributed by atoms with Crippen molar-refractivity contribution in [3.05, 3.63) is 229 Å². The number of carbonyl (C=O) groups excluding carboxylic acids is 4. The van der Waals surface area contributed by atoms with E-state index in [1.54, 1.807) is 88.8 Å². The molecule has 11 aromatic rings.